The molecule has 2 amide bonds. The summed E-state index contributed by atoms with van der Waals surface area (Å²) in [6, 6.07) is 38.8. The molecule has 2 atom stereocenters. The van der Waals surface area contributed by atoms with Crippen molar-refractivity contribution >= 4 is 97.0 Å². The van der Waals surface area contributed by atoms with Crippen LogP contribution in [0, 0.1) is 3.70 Å². The molecule has 0 unspecified atom stereocenters. The maximum absolute atomic E-state index is 12.6. The molecule has 0 bridgehead atoms. The zero-order valence-corrected chi connectivity index (χ0v) is 52.7. The number of benzene rings is 3. The zero-order chi connectivity index (χ0) is 62.5. The first kappa shape index (κ1) is 63.4. The first-order chi connectivity index (χ1) is 42.1. The highest BCUT2D eigenvalue weighted by atomic mass is 127. The molecule has 2 aliphatic heterocycles. The van der Waals surface area contributed by atoms with Crippen molar-refractivity contribution in [3.8, 4) is 46.1 Å². The lowest BCUT2D eigenvalue weighted by Gasteiger charge is -2.24. The molecule has 0 spiro atoms. The van der Waals surface area contributed by atoms with E-state index in [1.807, 2.05) is 160 Å². The largest absolute Gasteiger partial charge is 0.490 e. The van der Waals surface area contributed by atoms with Crippen LogP contribution in [0.25, 0.3) is 33.3 Å². The van der Waals surface area contributed by atoms with Gasteiger partial charge in [0.2, 0.25) is 17.6 Å². The number of carbonyl (C=O) groups is 2. The van der Waals surface area contributed by atoms with E-state index in [0.29, 0.717) is 94.8 Å². The summed E-state index contributed by atoms with van der Waals surface area (Å²) in [4.78, 5) is 57.6. The van der Waals surface area contributed by atoms with Crippen LogP contribution in [0.5, 0.6) is 34.9 Å². The number of pyridine rings is 3. The predicted molar refractivity (Wildman–Crippen MR) is 344 cm³/mol. The number of fused-ring (bicyclic) bond motifs is 2. The number of carbonyl (C=O) groups excluding carboxylic acids is 2. The third-order valence-electron chi connectivity index (χ3n) is 13.0. The molecular weight excluding hydrogens is 1300 g/mol. The highest BCUT2D eigenvalue weighted by Crippen LogP contribution is 2.35. The Labute approximate surface area is 529 Å². The summed E-state index contributed by atoms with van der Waals surface area (Å²) in [5.41, 5.74) is 14.2. The second-order valence-corrected chi connectivity index (χ2v) is 23.9. The van der Waals surface area contributed by atoms with E-state index in [1.54, 1.807) is 40.4 Å². The molecule has 454 valence electrons. The SMILES string of the molecule is Brc1ccc(Oc2ccccc2)nc1.CC(C)(C)OC(=O)N1CC[C@H](n2nc(-c3ccc(Oc4ccccc4)nc3)c3c(N)ncnc32)C1.CC(C)(C)OC(=O)N1CC[C@H](n2nc(I)c3c(N)ncnc32)C1.OB(O)c1ccc(Oc2ccccc2)nc1. The number of para-hydroxylation sites is 3. The van der Waals surface area contributed by atoms with E-state index in [-0.39, 0.29) is 24.3 Å². The third kappa shape index (κ3) is 17.1. The van der Waals surface area contributed by atoms with Crippen molar-refractivity contribution in [2.24, 2.45) is 0 Å². The molecule has 24 nitrogen and oxygen atoms in total. The van der Waals surface area contributed by atoms with E-state index in [0.717, 1.165) is 37.7 Å². The summed E-state index contributed by atoms with van der Waals surface area (Å²) in [7, 11) is -1.50. The van der Waals surface area contributed by atoms with Gasteiger partial charge in [0, 0.05) is 78.5 Å². The van der Waals surface area contributed by atoms with Crippen molar-refractivity contribution in [3.05, 3.63) is 167 Å². The molecule has 0 radical (unpaired) electrons. The second kappa shape index (κ2) is 28.6. The smallest absolute Gasteiger partial charge is 0.444 e. The van der Waals surface area contributed by atoms with Gasteiger partial charge in [0.05, 0.1) is 22.9 Å². The number of aromatic nitrogens is 11. The summed E-state index contributed by atoms with van der Waals surface area (Å²) in [5, 5.41) is 28.6. The Morgan fingerprint density at radius 2 is 0.989 bits per heavy atom. The van der Waals surface area contributed by atoms with E-state index >= 15 is 0 Å². The predicted octanol–water partition coefficient (Wildman–Crippen LogP) is 10.8. The highest BCUT2D eigenvalue weighted by molar-refractivity contribution is 14.1. The van der Waals surface area contributed by atoms with Crippen LogP contribution in [-0.4, -0.2) is 131 Å². The molecule has 2 saturated heterocycles. The van der Waals surface area contributed by atoms with E-state index in [9.17, 15) is 9.59 Å². The standard InChI is InChI=1S/C25H27N7O3.C14H19IN6O2.C11H10BNO3.C11H8BrNO/c1-25(2,3)35-24(33)31-12-11-17(14-31)32-23-20(22(26)28-15-29-23)21(30-32)16-9-10-19(27-13-16)34-18-7-5-4-6-8-18;1-14(2,3)23-13(22)20-5-4-8(6-20)21-12-9(10(15)19-21)11(16)17-7-18-12;14-12(15)9-6-7-11(13-8-9)16-10-4-2-1-3-5-10;12-9-6-7-11(13-8-9)14-10-4-2-1-3-5-10/h4-10,13,15,17H,11-12,14H2,1-3H3,(H2,26,28,29);7-8H,4-6H2,1-3H3,(H2,16,17,18);1-8,14-15H;1-8H/t17-;8-;;/m00../s1. The van der Waals surface area contributed by atoms with Crippen LogP contribution >= 0.6 is 38.5 Å². The van der Waals surface area contributed by atoms with Crippen LogP contribution in [0.15, 0.2) is 163 Å². The normalized spacial score (nSPS) is 14.6. The molecule has 9 heterocycles. The Balaban J connectivity index is 0.000000150. The number of likely N-dealkylation sites (tertiary alicyclic amines) is 2. The van der Waals surface area contributed by atoms with Gasteiger partial charge in [-0.15, -0.1) is 0 Å². The number of hydrogen-bond acceptors (Lipinski definition) is 20. The van der Waals surface area contributed by atoms with Crippen molar-refractivity contribution in [3.63, 3.8) is 0 Å². The minimum absolute atomic E-state index is 0.0582. The van der Waals surface area contributed by atoms with Crippen molar-refractivity contribution in [2.75, 3.05) is 37.6 Å². The van der Waals surface area contributed by atoms with Gasteiger partial charge < -0.3 is 55.0 Å². The molecule has 3 aromatic carbocycles. The van der Waals surface area contributed by atoms with Crippen LogP contribution in [0.3, 0.4) is 0 Å². The summed E-state index contributed by atoms with van der Waals surface area (Å²) in [6.45, 7) is 13.4. The average Bonchev–Trinajstić information content (AvgIpc) is 1.76. The molecule has 7 aromatic heterocycles. The number of rotatable bonds is 10. The van der Waals surface area contributed by atoms with Crippen LogP contribution < -0.4 is 31.1 Å². The second-order valence-electron chi connectivity index (χ2n) is 21.9. The van der Waals surface area contributed by atoms with Crippen molar-refractivity contribution in [2.45, 2.75) is 77.7 Å². The number of anilines is 2. The molecule has 6 N–H and O–H groups in total. The number of hydrogen-bond donors (Lipinski definition) is 4. The van der Waals surface area contributed by atoms with Gasteiger partial charge >= 0.3 is 19.3 Å². The lowest BCUT2D eigenvalue weighted by Crippen LogP contribution is -2.35. The molecule has 88 heavy (non-hydrogen) atoms. The molecule has 0 aliphatic carbocycles. The lowest BCUT2D eigenvalue weighted by atomic mass is 9.82. The fraction of sp³-hybridized carbons (Fsp3) is 0.262. The number of amides is 2. The Kier molecular flexibility index (Phi) is 20.6. The van der Waals surface area contributed by atoms with E-state index in [4.69, 9.17) is 50.3 Å². The number of nitrogens with two attached hydrogens (primary N) is 2. The fourth-order valence-corrected chi connectivity index (χ4v) is 9.95. The molecule has 27 heteroatoms. The van der Waals surface area contributed by atoms with E-state index in [2.05, 4.69) is 78.5 Å². The highest BCUT2D eigenvalue weighted by Gasteiger charge is 2.35. The number of nitrogen functional groups attached to an aromatic ring is 2. The zero-order valence-electron chi connectivity index (χ0n) is 49.0. The van der Waals surface area contributed by atoms with E-state index < -0.39 is 18.3 Å². The van der Waals surface area contributed by atoms with Gasteiger partial charge in [0.1, 0.15) is 62.1 Å². The molecule has 0 saturated carbocycles. The number of ether oxygens (including phenoxy) is 5. The minimum Gasteiger partial charge on any atom is -0.444 e. The Bertz CT molecular complexity index is 3920. The molecule has 2 fully saturated rings. The Morgan fingerprint density at radius 1 is 0.557 bits per heavy atom. The van der Waals surface area contributed by atoms with Gasteiger partial charge in [-0.25, -0.2) is 53.8 Å². The van der Waals surface area contributed by atoms with Crippen LogP contribution in [-0.2, 0) is 9.47 Å². The van der Waals surface area contributed by atoms with Gasteiger partial charge in [-0.05, 0) is 141 Å². The summed E-state index contributed by atoms with van der Waals surface area (Å²) >= 11 is 5.44. The van der Waals surface area contributed by atoms with Crippen LogP contribution in [0.2, 0.25) is 0 Å². The van der Waals surface area contributed by atoms with Crippen molar-refractivity contribution < 1.29 is 43.3 Å². The van der Waals surface area contributed by atoms with Crippen molar-refractivity contribution in [1.29, 1.82) is 0 Å². The molecule has 12 rings (SSSR count). The fourth-order valence-electron chi connectivity index (χ4n) is 8.96. The quantitative estimate of drug-likeness (QED) is 0.0730. The van der Waals surface area contributed by atoms with Gasteiger partial charge in [-0.1, -0.05) is 60.7 Å². The average molecular weight is 1370 g/mol. The maximum Gasteiger partial charge on any atom is 0.490 e. The van der Waals surface area contributed by atoms with Gasteiger partial charge in [-0.3, -0.25) is 0 Å². The lowest BCUT2D eigenvalue weighted by molar-refractivity contribution is 0.0278. The third-order valence-corrected chi connectivity index (χ3v) is 14.2. The van der Waals surface area contributed by atoms with Crippen LogP contribution in [0.4, 0.5) is 21.2 Å². The topological polar surface area (TPSA) is 305 Å². The number of halogens is 2. The first-order valence-corrected chi connectivity index (χ1v) is 29.7. The Hall–Kier alpha value is -9.06. The molecule has 10 aromatic rings. The van der Waals surface area contributed by atoms with E-state index in [1.165, 1.54) is 18.9 Å². The molecular formula is C61H64BBrIN15O9. The maximum atomic E-state index is 12.6. The summed E-state index contributed by atoms with van der Waals surface area (Å²) in [6.07, 6.45) is 8.53. The first-order valence-electron chi connectivity index (χ1n) is 27.8. The monoisotopic (exact) mass is 1370 g/mol. The van der Waals surface area contributed by atoms with Gasteiger partial charge in [0.15, 0.2) is 11.3 Å². The summed E-state index contributed by atoms with van der Waals surface area (Å²) in [5.74, 6) is 4.42. The molecule has 2 aliphatic rings. The summed E-state index contributed by atoms with van der Waals surface area (Å²) < 4.78 is 33.1. The van der Waals surface area contributed by atoms with Crippen molar-refractivity contribution in [1.82, 2.24) is 64.2 Å². The van der Waals surface area contributed by atoms with Crippen LogP contribution in [0.1, 0.15) is 66.5 Å². The van der Waals surface area contributed by atoms with Gasteiger partial charge in [-0.2, -0.15) is 10.2 Å². The minimum atomic E-state index is -1.50. The van der Waals surface area contributed by atoms with Gasteiger partial charge in [0.25, 0.3) is 0 Å². The number of nitrogens with zero attached hydrogens (tertiary/aromatic N) is 13. The Morgan fingerprint density at radius 3 is 1.41 bits per heavy atom.